The second kappa shape index (κ2) is 5.11. The van der Waals surface area contributed by atoms with E-state index in [1.165, 1.54) is 17.4 Å². The smallest absolute Gasteiger partial charge is 0.273 e. The summed E-state index contributed by atoms with van der Waals surface area (Å²) < 4.78 is 0. The highest BCUT2D eigenvalue weighted by Gasteiger charge is 2.14. The fraction of sp³-hybridized carbons (Fsp3) is 0.125. The molecule has 0 saturated heterocycles. The minimum atomic E-state index is -0.718. The summed E-state index contributed by atoms with van der Waals surface area (Å²) >= 11 is 1.19. The Bertz CT molecular complexity index is 399. The van der Waals surface area contributed by atoms with Gasteiger partial charge in [0.25, 0.3) is 5.91 Å². The van der Waals surface area contributed by atoms with Gasteiger partial charge in [0.15, 0.2) is 10.8 Å². The molecule has 1 amide bonds. The molecule has 1 heterocycles. The highest BCUT2D eigenvalue weighted by molar-refractivity contribution is 7.13. The number of carbonyl (C=O) groups is 1. The van der Waals surface area contributed by atoms with Crippen LogP contribution < -0.4 is 11.5 Å². The first-order valence-electron chi connectivity index (χ1n) is 3.97. The Morgan fingerprint density at radius 2 is 2.53 bits per heavy atom. The van der Waals surface area contributed by atoms with E-state index >= 15 is 0 Å². The number of oxime groups is 1. The molecule has 7 heteroatoms. The monoisotopic (exact) mass is 226 g/mol. The number of hydrogen-bond donors (Lipinski definition) is 2. The van der Waals surface area contributed by atoms with E-state index in [0.717, 1.165) is 0 Å². The van der Waals surface area contributed by atoms with Gasteiger partial charge in [-0.05, 0) is 0 Å². The minimum Gasteiger partial charge on any atom is -0.391 e. The number of nitrogens with two attached hydrogens (primary N) is 2. The molecule has 0 fully saturated rings. The number of anilines is 1. The van der Waals surface area contributed by atoms with Gasteiger partial charge in [0.1, 0.15) is 12.3 Å². The van der Waals surface area contributed by atoms with Gasteiger partial charge in [-0.2, -0.15) is 0 Å². The Labute approximate surface area is 90.2 Å². The van der Waals surface area contributed by atoms with Crippen molar-refractivity contribution in [2.75, 3.05) is 12.3 Å². The maximum Gasteiger partial charge on any atom is 0.273 e. The Kier molecular flexibility index (Phi) is 3.81. The first kappa shape index (κ1) is 11.2. The van der Waals surface area contributed by atoms with Crippen LogP contribution in [0.1, 0.15) is 5.69 Å². The minimum absolute atomic E-state index is 0.0511. The van der Waals surface area contributed by atoms with Gasteiger partial charge < -0.3 is 16.3 Å². The van der Waals surface area contributed by atoms with Gasteiger partial charge >= 0.3 is 0 Å². The number of nitrogen functional groups attached to an aromatic ring is 1. The zero-order chi connectivity index (χ0) is 11.3. The molecule has 0 atom stereocenters. The molecular formula is C8H10N4O2S. The Morgan fingerprint density at radius 1 is 1.80 bits per heavy atom. The molecular weight excluding hydrogens is 216 g/mol. The van der Waals surface area contributed by atoms with Crippen molar-refractivity contribution in [2.45, 2.75) is 0 Å². The van der Waals surface area contributed by atoms with Crippen molar-refractivity contribution in [3.63, 3.8) is 0 Å². The molecule has 0 saturated carbocycles. The van der Waals surface area contributed by atoms with E-state index in [1.807, 2.05) is 0 Å². The Hall–Kier alpha value is -1.89. The lowest BCUT2D eigenvalue weighted by molar-refractivity contribution is -0.112. The molecule has 6 nitrogen and oxygen atoms in total. The molecule has 0 aliphatic carbocycles. The van der Waals surface area contributed by atoms with Crippen LogP contribution in [0.5, 0.6) is 0 Å². The highest BCUT2D eigenvalue weighted by Crippen LogP contribution is 2.11. The van der Waals surface area contributed by atoms with Crippen LogP contribution in [0.15, 0.2) is 23.2 Å². The van der Waals surface area contributed by atoms with E-state index < -0.39 is 5.91 Å². The summed E-state index contributed by atoms with van der Waals surface area (Å²) in [7, 11) is 0. The molecule has 0 bridgehead atoms. The van der Waals surface area contributed by atoms with Crippen molar-refractivity contribution in [1.82, 2.24) is 4.98 Å². The van der Waals surface area contributed by atoms with Gasteiger partial charge in [0.05, 0.1) is 0 Å². The van der Waals surface area contributed by atoms with E-state index in [4.69, 9.17) is 16.3 Å². The van der Waals surface area contributed by atoms with Crippen molar-refractivity contribution in [3.05, 3.63) is 23.7 Å². The van der Waals surface area contributed by atoms with E-state index in [2.05, 4.69) is 16.7 Å². The topological polar surface area (TPSA) is 104 Å². The average molecular weight is 226 g/mol. The van der Waals surface area contributed by atoms with Crippen LogP contribution in [0.4, 0.5) is 5.13 Å². The molecule has 80 valence electrons. The SMILES string of the molecule is C=CCO/N=C(\C(N)=O)c1csc(N)n1. The third-order valence-corrected chi connectivity index (χ3v) is 2.02. The number of carbonyl (C=O) groups excluding carboxylic acids is 1. The molecule has 0 unspecified atom stereocenters. The van der Waals surface area contributed by atoms with Gasteiger partial charge in [0, 0.05) is 5.38 Å². The highest BCUT2D eigenvalue weighted by atomic mass is 32.1. The van der Waals surface area contributed by atoms with Crippen molar-refractivity contribution >= 4 is 28.1 Å². The molecule has 0 spiro atoms. The van der Waals surface area contributed by atoms with Gasteiger partial charge in [0.2, 0.25) is 0 Å². The largest absolute Gasteiger partial charge is 0.391 e. The summed E-state index contributed by atoms with van der Waals surface area (Å²) in [5, 5.41) is 5.47. The molecule has 0 radical (unpaired) electrons. The summed E-state index contributed by atoms with van der Waals surface area (Å²) in [4.78, 5) is 19.6. The average Bonchev–Trinajstić information content (AvgIpc) is 2.59. The summed E-state index contributed by atoms with van der Waals surface area (Å²) in [6, 6.07) is 0. The summed E-state index contributed by atoms with van der Waals surface area (Å²) in [5.41, 5.74) is 10.8. The van der Waals surface area contributed by atoms with Crippen LogP contribution in [0, 0.1) is 0 Å². The van der Waals surface area contributed by atoms with E-state index in [-0.39, 0.29) is 12.3 Å². The van der Waals surface area contributed by atoms with Gasteiger partial charge in [-0.3, -0.25) is 4.79 Å². The number of hydrogen-bond acceptors (Lipinski definition) is 6. The number of primary amides is 1. The predicted octanol–water partition coefficient (Wildman–Crippen LogP) is 0.117. The van der Waals surface area contributed by atoms with Crippen LogP contribution in [0.25, 0.3) is 0 Å². The first-order chi connectivity index (χ1) is 7.15. The van der Waals surface area contributed by atoms with Crippen LogP contribution in [0.3, 0.4) is 0 Å². The molecule has 0 aliphatic heterocycles. The van der Waals surface area contributed by atoms with Crippen molar-refractivity contribution in [2.24, 2.45) is 10.9 Å². The number of thiazole rings is 1. The maximum absolute atomic E-state index is 11.0. The number of amides is 1. The Morgan fingerprint density at radius 3 is 3.00 bits per heavy atom. The van der Waals surface area contributed by atoms with Crippen LogP contribution in [-0.2, 0) is 9.63 Å². The Balaban J connectivity index is 2.87. The fourth-order valence-electron chi connectivity index (χ4n) is 0.769. The van der Waals surface area contributed by atoms with Crippen molar-refractivity contribution < 1.29 is 9.63 Å². The van der Waals surface area contributed by atoms with E-state index in [0.29, 0.717) is 10.8 Å². The third kappa shape index (κ3) is 3.06. The normalized spacial score (nSPS) is 11.1. The fourth-order valence-corrected chi connectivity index (χ4v) is 1.32. The van der Waals surface area contributed by atoms with Crippen LogP contribution in [-0.4, -0.2) is 23.2 Å². The number of nitrogens with zero attached hydrogens (tertiary/aromatic N) is 2. The molecule has 1 aromatic heterocycles. The van der Waals surface area contributed by atoms with Crippen LogP contribution in [0.2, 0.25) is 0 Å². The van der Waals surface area contributed by atoms with E-state index in [1.54, 1.807) is 5.38 Å². The standard InChI is InChI=1S/C8H10N4O2S/c1-2-3-14-12-6(7(9)13)5-4-15-8(10)11-5/h2,4H,1,3H2,(H2,9,13)(H2,10,11)/b12-6-. The number of rotatable bonds is 5. The maximum atomic E-state index is 11.0. The predicted molar refractivity (Wildman–Crippen MR) is 58.4 cm³/mol. The molecule has 1 rings (SSSR count). The third-order valence-electron chi connectivity index (χ3n) is 1.35. The number of aromatic nitrogens is 1. The second-order valence-electron chi connectivity index (χ2n) is 2.46. The quantitative estimate of drug-likeness (QED) is 0.322. The van der Waals surface area contributed by atoms with E-state index in [9.17, 15) is 4.79 Å². The van der Waals surface area contributed by atoms with Crippen molar-refractivity contribution in [1.29, 1.82) is 0 Å². The second-order valence-corrected chi connectivity index (χ2v) is 3.35. The lowest BCUT2D eigenvalue weighted by atomic mass is 10.3. The summed E-state index contributed by atoms with van der Waals surface area (Å²) in [5.74, 6) is -0.718. The lowest BCUT2D eigenvalue weighted by Gasteiger charge is -1.97. The molecule has 0 aromatic carbocycles. The molecule has 0 aliphatic rings. The van der Waals surface area contributed by atoms with Gasteiger partial charge in [-0.1, -0.05) is 17.8 Å². The zero-order valence-corrected chi connectivity index (χ0v) is 8.66. The molecule has 15 heavy (non-hydrogen) atoms. The first-order valence-corrected chi connectivity index (χ1v) is 4.85. The van der Waals surface area contributed by atoms with Crippen LogP contribution >= 0.6 is 11.3 Å². The molecule has 1 aromatic rings. The van der Waals surface area contributed by atoms with Gasteiger partial charge in [-0.25, -0.2) is 4.98 Å². The van der Waals surface area contributed by atoms with Crippen molar-refractivity contribution in [3.8, 4) is 0 Å². The summed E-state index contributed by atoms with van der Waals surface area (Å²) in [6.45, 7) is 3.63. The van der Waals surface area contributed by atoms with Gasteiger partial charge in [-0.15, -0.1) is 11.3 Å². The zero-order valence-electron chi connectivity index (χ0n) is 7.84. The summed E-state index contributed by atoms with van der Waals surface area (Å²) in [6.07, 6.45) is 1.50. The molecule has 4 N–H and O–H groups in total. The lowest BCUT2D eigenvalue weighted by Crippen LogP contribution is -2.25.